The van der Waals surface area contributed by atoms with E-state index in [1.807, 2.05) is 0 Å². The molecule has 0 spiro atoms. The summed E-state index contributed by atoms with van der Waals surface area (Å²) >= 11 is 0. The second-order valence-electron chi connectivity index (χ2n) is 5.45. The average Bonchev–Trinajstić information content (AvgIpc) is 3.17. The molecule has 2 rings (SSSR count). The summed E-state index contributed by atoms with van der Waals surface area (Å²) in [5, 5.41) is 8.90. The van der Waals surface area contributed by atoms with Gasteiger partial charge in [0.25, 0.3) is 5.91 Å². The number of ether oxygens (including phenoxy) is 1. The first-order valence-electron chi connectivity index (χ1n) is 7.12. The molecule has 0 saturated heterocycles. The van der Waals surface area contributed by atoms with Gasteiger partial charge in [-0.1, -0.05) is 0 Å². The van der Waals surface area contributed by atoms with Crippen molar-refractivity contribution in [2.24, 2.45) is 7.05 Å². The zero-order chi connectivity index (χ0) is 16.4. The van der Waals surface area contributed by atoms with Gasteiger partial charge in [0, 0.05) is 18.8 Å². The lowest BCUT2D eigenvalue weighted by Gasteiger charge is -2.13. The molecule has 1 unspecified atom stereocenters. The van der Waals surface area contributed by atoms with Gasteiger partial charge < -0.3 is 10.1 Å². The first kappa shape index (κ1) is 16.0. The van der Waals surface area contributed by atoms with Crippen molar-refractivity contribution in [1.29, 1.82) is 0 Å². The summed E-state index contributed by atoms with van der Waals surface area (Å²) in [6.07, 6.45) is 0.772. The number of rotatable bonds is 4. The molecule has 8 heteroatoms. The zero-order valence-electron chi connectivity index (χ0n) is 13.1. The van der Waals surface area contributed by atoms with E-state index in [0.717, 1.165) is 12.8 Å². The van der Waals surface area contributed by atoms with Crippen molar-refractivity contribution in [3.8, 4) is 0 Å². The molecule has 0 aliphatic heterocycles. The number of nitrogens with one attached hydrogen (secondary N) is 2. The molecular formula is C14H20N4O4. The zero-order valence-corrected chi connectivity index (χ0v) is 13.1. The molecule has 0 radical (unpaired) electrons. The van der Waals surface area contributed by atoms with Crippen LogP contribution < -0.4 is 10.6 Å². The highest BCUT2D eigenvalue weighted by Gasteiger charge is 2.27. The molecule has 2 N–H and O–H groups in total. The number of hydrogen-bond acceptors (Lipinski definition) is 5. The van der Waals surface area contributed by atoms with E-state index >= 15 is 0 Å². The van der Waals surface area contributed by atoms with Crippen LogP contribution in [0.5, 0.6) is 0 Å². The normalized spacial score (nSPS) is 15.1. The highest BCUT2D eigenvalue weighted by atomic mass is 16.5. The average molecular weight is 308 g/mol. The number of carbonyl (C=O) groups is 3. The first-order chi connectivity index (χ1) is 10.3. The quantitative estimate of drug-likeness (QED) is 0.792. The van der Waals surface area contributed by atoms with Gasteiger partial charge in [0.15, 0.2) is 6.10 Å². The molecule has 0 bridgehead atoms. The molecule has 1 fully saturated rings. The number of amides is 3. The SMILES string of the molecule is Cc1nn(C)c(C)c1C(=O)OC(C)C(=O)NC(=O)NC1CC1. The van der Waals surface area contributed by atoms with Gasteiger partial charge in [-0.2, -0.15) is 5.10 Å². The fourth-order valence-corrected chi connectivity index (χ4v) is 2.00. The summed E-state index contributed by atoms with van der Waals surface area (Å²) in [5.41, 5.74) is 1.52. The van der Waals surface area contributed by atoms with Gasteiger partial charge in [0.1, 0.15) is 5.56 Å². The fourth-order valence-electron chi connectivity index (χ4n) is 2.00. The van der Waals surface area contributed by atoms with E-state index in [2.05, 4.69) is 15.7 Å². The summed E-state index contributed by atoms with van der Waals surface area (Å²) in [6.45, 7) is 4.85. The lowest BCUT2D eigenvalue weighted by atomic mass is 10.2. The second-order valence-corrected chi connectivity index (χ2v) is 5.45. The van der Waals surface area contributed by atoms with Crippen LogP contribution in [0.25, 0.3) is 0 Å². The lowest BCUT2D eigenvalue weighted by molar-refractivity contribution is -0.127. The second kappa shape index (κ2) is 6.17. The lowest BCUT2D eigenvalue weighted by Crippen LogP contribution is -2.45. The fraction of sp³-hybridized carbons (Fsp3) is 0.571. The van der Waals surface area contributed by atoms with Gasteiger partial charge in [-0.15, -0.1) is 0 Å². The van der Waals surface area contributed by atoms with Crippen molar-refractivity contribution < 1.29 is 19.1 Å². The highest BCUT2D eigenvalue weighted by molar-refractivity contribution is 5.99. The minimum absolute atomic E-state index is 0.145. The van der Waals surface area contributed by atoms with Crippen LogP contribution in [0.15, 0.2) is 0 Å². The molecule has 8 nitrogen and oxygen atoms in total. The Balaban J connectivity index is 1.92. The highest BCUT2D eigenvalue weighted by Crippen LogP contribution is 2.18. The van der Waals surface area contributed by atoms with Gasteiger partial charge in [-0.25, -0.2) is 9.59 Å². The minimum atomic E-state index is -1.07. The Kier molecular flexibility index (Phi) is 4.48. The predicted octanol–water partition coefficient (Wildman–Crippen LogP) is 0.570. The van der Waals surface area contributed by atoms with E-state index in [1.165, 1.54) is 6.92 Å². The largest absolute Gasteiger partial charge is 0.449 e. The molecule has 120 valence electrons. The van der Waals surface area contributed by atoms with Gasteiger partial charge in [0.2, 0.25) is 0 Å². The molecule has 1 aliphatic carbocycles. The third-order valence-corrected chi connectivity index (χ3v) is 3.52. The van der Waals surface area contributed by atoms with Crippen molar-refractivity contribution in [2.45, 2.75) is 45.8 Å². The number of imide groups is 1. The minimum Gasteiger partial charge on any atom is -0.449 e. The van der Waals surface area contributed by atoms with Crippen molar-refractivity contribution in [1.82, 2.24) is 20.4 Å². The summed E-state index contributed by atoms with van der Waals surface area (Å²) in [6, 6.07) is -0.421. The number of nitrogens with zero attached hydrogens (tertiary/aromatic N) is 2. The number of hydrogen-bond donors (Lipinski definition) is 2. The molecular weight excluding hydrogens is 288 g/mol. The molecule has 0 aromatic carbocycles. The topological polar surface area (TPSA) is 102 Å². The Morgan fingerprint density at radius 2 is 1.95 bits per heavy atom. The predicted molar refractivity (Wildman–Crippen MR) is 77.3 cm³/mol. The Labute approximate surface area is 128 Å². The van der Waals surface area contributed by atoms with Crippen LogP contribution in [0, 0.1) is 13.8 Å². The van der Waals surface area contributed by atoms with Crippen molar-refractivity contribution in [3.63, 3.8) is 0 Å². The number of aromatic nitrogens is 2. The maximum absolute atomic E-state index is 12.1. The Morgan fingerprint density at radius 3 is 2.45 bits per heavy atom. The van der Waals surface area contributed by atoms with E-state index in [1.54, 1.807) is 25.6 Å². The van der Waals surface area contributed by atoms with Crippen molar-refractivity contribution in [2.75, 3.05) is 0 Å². The van der Waals surface area contributed by atoms with Gasteiger partial charge in [0.05, 0.1) is 5.69 Å². The number of carbonyl (C=O) groups excluding carboxylic acids is 3. The van der Waals surface area contributed by atoms with Crippen molar-refractivity contribution >= 4 is 17.9 Å². The maximum Gasteiger partial charge on any atom is 0.342 e. The van der Waals surface area contributed by atoms with E-state index in [9.17, 15) is 14.4 Å². The Bertz CT molecular complexity index is 619. The van der Waals surface area contributed by atoms with E-state index in [4.69, 9.17) is 4.74 Å². The molecule has 1 aliphatic rings. The van der Waals surface area contributed by atoms with Crippen LogP contribution >= 0.6 is 0 Å². The van der Waals surface area contributed by atoms with Crippen LogP contribution in [0.1, 0.15) is 41.5 Å². The van der Waals surface area contributed by atoms with Crippen LogP contribution in [0.3, 0.4) is 0 Å². The summed E-state index contributed by atoms with van der Waals surface area (Å²) in [4.78, 5) is 35.4. The van der Waals surface area contributed by atoms with Crippen molar-refractivity contribution in [3.05, 3.63) is 17.0 Å². The monoisotopic (exact) mass is 308 g/mol. The molecule has 3 amide bonds. The Hall–Kier alpha value is -2.38. The molecule has 1 aromatic heterocycles. The van der Waals surface area contributed by atoms with Gasteiger partial charge in [-0.3, -0.25) is 14.8 Å². The van der Waals surface area contributed by atoms with E-state index in [0.29, 0.717) is 17.0 Å². The first-order valence-corrected chi connectivity index (χ1v) is 7.12. The molecule has 22 heavy (non-hydrogen) atoms. The van der Waals surface area contributed by atoms with Gasteiger partial charge in [-0.05, 0) is 33.6 Å². The van der Waals surface area contributed by atoms with Crippen LogP contribution in [0.2, 0.25) is 0 Å². The summed E-state index contributed by atoms with van der Waals surface area (Å²) in [5.74, 6) is -1.29. The van der Waals surface area contributed by atoms with E-state index < -0.39 is 24.0 Å². The standard InChI is InChI=1S/C14H20N4O4/c1-7-11(8(2)18(4)17-7)13(20)22-9(3)12(19)16-14(21)15-10-5-6-10/h9-10H,5-6H2,1-4H3,(H2,15,16,19,21). The van der Waals surface area contributed by atoms with Crippen LogP contribution in [-0.2, 0) is 16.6 Å². The molecule has 1 heterocycles. The smallest absolute Gasteiger partial charge is 0.342 e. The molecule has 1 aromatic rings. The summed E-state index contributed by atoms with van der Waals surface area (Å²) in [7, 11) is 1.72. The van der Waals surface area contributed by atoms with Crippen LogP contribution in [0.4, 0.5) is 4.79 Å². The van der Waals surface area contributed by atoms with Gasteiger partial charge >= 0.3 is 12.0 Å². The molecule has 1 atom stereocenters. The number of urea groups is 1. The number of esters is 1. The van der Waals surface area contributed by atoms with Crippen LogP contribution in [-0.4, -0.2) is 39.8 Å². The Morgan fingerprint density at radius 1 is 1.32 bits per heavy atom. The number of aryl methyl sites for hydroxylation is 2. The molecule has 1 saturated carbocycles. The third kappa shape index (κ3) is 3.63. The third-order valence-electron chi connectivity index (χ3n) is 3.52. The van der Waals surface area contributed by atoms with E-state index in [-0.39, 0.29) is 6.04 Å². The summed E-state index contributed by atoms with van der Waals surface area (Å²) < 4.78 is 6.68. The maximum atomic E-state index is 12.1.